The minimum absolute atomic E-state index is 0.00805. The Balaban J connectivity index is 1.43. The zero-order valence-electron chi connectivity index (χ0n) is 17.7. The van der Waals surface area contributed by atoms with Gasteiger partial charge >= 0.3 is 0 Å². The topological polar surface area (TPSA) is 114 Å². The van der Waals surface area contributed by atoms with Gasteiger partial charge in [0, 0.05) is 19.2 Å². The van der Waals surface area contributed by atoms with Crippen LogP contribution in [0.15, 0.2) is 39.9 Å². The van der Waals surface area contributed by atoms with Crippen molar-refractivity contribution in [3.63, 3.8) is 0 Å². The van der Waals surface area contributed by atoms with Crippen molar-refractivity contribution in [2.45, 2.75) is 13.0 Å². The van der Waals surface area contributed by atoms with Gasteiger partial charge in [0.05, 0.1) is 38.7 Å². The molecule has 2 aliphatic heterocycles. The van der Waals surface area contributed by atoms with E-state index in [4.69, 9.17) is 13.9 Å². The van der Waals surface area contributed by atoms with E-state index in [1.165, 1.54) is 0 Å². The van der Waals surface area contributed by atoms with Gasteiger partial charge in [-0.15, -0.1) is 0 Å². The lowest BCUT2D eigenvalue weighted by Gasteiger charge is -2.27. The maximum atomic E-state index is 12.6. The van der Waals surface area contributed by atoms with E-state index in [0.29, 0.717) is 62.4 Å². The first-order valence-corrected chi connectivity index (χ1v) is 10.5. The molecule has 10 heteroatoms. The first kappa shape index (κ1) is 20.4. The first-order valence-electron chi connectivity index (χ1n) is 10.5. The number of amides is 1. The van der Waals surface area contributed by atoms with Crippen molar-refractivity contribution < 1.29 is 18.7 Å². The van der Waals surface area contributed by atoms with Gasteiger partial charge in [0.25, 0.3) is 5.91 Å². The van der Waals surface area contributed by atoms with Crippen LogP contribution in [0.1, 0.15) is 21.7 Å². The minimum atomic E-state index is -0.295. The zero-order chi connectivity index (χ0) is 21.9. The monoisotopic (exact) mass is 436 g/mol. The normalized spacial score (nSPS) is 17.0. The van der Waals surface area contributed by atoms with Crippen LogP contribution in [0.3, 0.4) is 0 Å². The Bertz CT molecular complexity index is 1150. The van der Waals surface area contributed by atoms with Crippen LogP contribution in [-0.4, -0.2) is 67.6 Å². The number of nitrogens with one attached hydrogen (secondary N) is 2. The van der Waals surface area contributed by atoms with Crippen LogP contribution in [0.2, 0.25) is 0 Å². The average molecular weight is 436 g/mol. The second-order valence-electron chi connectivity index (χ2n) is 7.79. The van der Waals surface area contributed by atoms with Crippen LogP contribution in [-0.2, 0) is 9.47 Å². The van der Waals surface area contributed by atoms with Crippen molar-refractivity contribution in [2.24, 2.45) is 5.10 Å². The number of rotatable bonds is 6. The number of ether oxygens (including phenoxy) is 2. The number of anilines is 2. The van der Waals surface area contributed by atoms with Gasteiger partial charge in [-0.05, 0) is 12.5 Å². The number of morpholine rings is 1. The number of aromatic nitrogens is 2. The molecular weight excluding hydrogens is 412 g/mol. The summed E-state index contributed by atoms with van der Waals surface area (Å²) >= 11 is 0. The molecule has 2 fully saturated rings. The van der Waals surface area contributed by atoms with Crippen LogP contribution in [0.4, 0.5) is 11.8 Å². The lowest BCUT2D eigenvalue weighted by atomic mass is 10.2. The summed E-state index contributed by atoms with van der Waals surface area (Å²) in [6, 6.07) is 9.64. The molecule has 2 aromatic heterocycles. The number of furan rings is 1. The fraction of sp³-hybridized carbons (Fsp3) is 0.364. The molecule has 2 aliphatic rings. The number of hydrogen-bond acceptors (Lipinski definition) is 9. The summed E-state index contributed by atoms with van der Waals surface area (Å²) in [6.07, 6.45) is 1.71. The molecule has 0 unspecified atom stereocenters. The highest BCUT2D eigenvalue weighted by Crippen LogP contribution is 2.29. The van der Waals surface area contributed by atoms with Gasteiger partial charge in [-0.3, -0.25) is 4.79 Å². The molecule has 1 amide bonds. The fourth-order valence-electron chi connectivity index (χ4n) is 3.56. The van der Waals surface area contributed by atoms with Gasteiger partial charge in [-0.1, -0.05) is 29.8 Å². The third-order valence-corrected chi connectivity index (χ3v) is 5.28. The van der Waals surface area contributed by atoms with E-state index >= 15 is 0 Å². The van der Waals surface area contributed by atoms with E-state index in [-0.39, 0.29) is 17.7 Å². The largest absolute Gasteiger partial charge is 0.445 e. The van der Waals surface area contributed by atoms with Gasteiger partial charge in [-0.2, -0.15) is 10.1 Å². The predicted molar refractivity (Wildman–Crippen MR) is 119 cm³/mol. The number of carbonyl (C=O) groups is 1. The quantitative estimate of drug-likeness (QED) is 0.445. The van der Waals surface area contributed by atoms with E-state index in [2.05, 4.69) is 30.7 Å². The molecule has 2 N–H and O–H groups in total. The third kappa shape index (κ3) is 4.41. The van der Waals surface area contributed by atoms with Crippen LogP contribution in [0, 0.1) is 6.92 Å². The molecule has 0 atom stereocenters. The summed E-state index contributed by atoms with van der Waals surface area (Å²) in [5.74, 6) is 0.827. The second kappa shape index (κ2) is 8.93. The molecule has 3 aromatic rings. The van der Waals surface area contributed by atoms with Crippen molar-refractivity contribution in [3.05, 3.63) is 47.2 Å². The summed E-state index contributed by atoms with van der Waals surface area (Å²) in [4.78, 5) is 23.8. The van der Waals surface area contributed by atoms with Gasteiger partial charge in [0.1, 0.15) is 5.52 Å². The fourth-order valence-corrected chi connectivity index (χ4v) is 3.56. The van der Waals surface area contributed by atoms with Gasteiger partial charge in [0.15, 0.2) is 17.2 Å². The standard InChI is InChI=1S/C22H24N6O4/c1-14-3-2-4-15(9-14)11-23-27-22-25-17-10-18(21(29)24-16-12-31-13-16)32-19(17)20(26-22)28-5-7-30-8-6-28/h2-4,9-11,16H,5-8,12-13H2,1H3,(H,24,29)(H,25,26,27)/b23-11+. The summed E-state index contributed by atoms with van der Waals surface area (Å²) in [5, 5.41) is 7.16. The van der Waals surface area contributed by atoms with Crippen LogP contribution in [0.25, 0.3) is 11.1 Å². The summed E-state index contributed by atoms with van der Waals surface area (Å²) in [6.45, 7) is 5.57. The molecule has 0 spiro atoms. The molecule has 0 bridgehead atoms. The Labute approximate surface area is 184 Å². The van der Waals surface area contributed by atoms with Gasteiger partial charge in [-0.25, -0.2) is 10.4 Å². The van der Waals surface area contributed by atoms with Crippen LogP contribution >= 0.6 is 0 Å². The Kier molecular flexibility index (Phi) is 5.70. The highest BCUT2D eigenvalue weighted by molar-refractivity contribution is 5.97. The average Bonchev–Trinajstić information content (AvgIpc) is 3.21. The molecule has 32 heavy (non-hydrogen) atoms. The third-order valence-electron chi connectivity index (χ3n) is 5.28. The smallest absolute Gasteiger partial charge is 0.287 e. The summed E-state index contributed by atoms with van der Waals surface area (Å²) in [5.41, 5.74) is 6.02. The van der Waals surface area contributed by atoms with E-state index in [1.807, 2.05) is 31.2 Å². The van der Waals surface area contributed by atoms with Crippen molar-refractivity contribution in [1.29, 1.82) is 0 Å². The molecule has 5 rings (SSSR count). The van der Waals surface area contributed by atoms with Gasteiger partial charge in [0.2, 0.25) is 5.95 Å². The number of fused-ring (bicyclic) bond motifs is 1. The molecule has 166 valence electrons. The van der Waals surface area contributed by atoms with Crippen molar-refractivity contribution in [1.82, 2.24) is 15.3 Å². The van der Waals surface area contributed by atoms with E-state index < -0.39 is 0 Å². The van der Waals surface area contributed by atoms with E-state index in [1.54, 1.807) is 12.3 Å². The maximum Gasteiger partial charge on any atom is 0.287 e. The van der Waals surface area contributed by atoms with Gasteiger partial charge < -0.3 is 24.1 Å². The molecule has 0 radical (unpaired) electrons. The zero-order valence-corrected chi connectivity index (χ0v) is 17.7. The lowest BCUT2D eigenvalue weighted by molar-refractivity contribution is -0.00386. The molecule has 10 nitrogen and oxygen atoms in total. The SMILES string of the molecule is Cc1cccc(/C=N/Nc2nc(N3CCOCC3)c3oc(C(=O)NC4COC4)cc3n2)c1. The number of benzene rings is 1. The predicted octanol–water partition coefficient (Wildman–Crippen LogP) is 1.94. The number of aryl methyl sites for hydroxylation is 1. The lowest BCUT2D eigenvalue weighted by Crippen LogP contribution is -2.48. The van der Waals surface area contributed by atoms with Crippen LogP contribution < -0.4 is 15.6 Å². The summed E-state index contributed by atoms with van der Waals surface area (Å²) < 4.78 is 16.5. The molecule has 4 heterocycles. The molecule has 1 aromatic carbocycles. The molecule has 0 saturated carbocycles. The molecular formula is C22H24N6O4. The number of hydrazone groups is 1. The molecule has 2 saturated heterocycles. The second-order valence-corrected chi connectivity index (χ2v) is 7.79. The van der Waals surface area contributed by atoms with Crippen molar-refractivity contribution >= 4 is 35.0 Å². The van der Waals surface area contributed by atoms with Crippen molar-refractivity contribution in [2.75, 3.05) is 49.8 Å². The number of carbonyl (C=O) groups excluding carboxylic acids is 1. The van der Waals surface area contributed by atoms with E-state index in [0.717, 1.165) is 11.1 Å². The Morgan fingerprint density at radius 3 is 2.78 bits per heavy atom. The maximum absolute atomic E-state index is 12.6. The van der Waals surface area contributed by atoms with Crippen molar-refractivity contribution in [3.8, 4) is 0 Å². The highest BCUT2D eigenvalue weighted by atomic mass is 16.5. The van der Waals surface area contributed by atoms with Crippen LogP contribution in [0.5, 0.6) is 0 Å². The highest BCUT2D eigenvalue weighted by Gasteiger charge is 2.26. The number of nitrogens with zero attached hydrogens (tertiary/aromatic N) is 4. The Hall–Kier alpha value is -3.50. The first-order chi connectivity index (χ1) is 15.7. The van der Waals surface area contributed by atoms with E-state index in [9.17, 15) is 4.79 Å². The Morgan fingerprint density at radius 2 is 2.03 bits per heavy atom. The Morgan fingerprint density at radius 1 is 1.19 bits per heavy atom. The minimum Gasteiger partial charge on any atom is -0.445 e. The summed E-state index contributed by atoms with van der Waals surface area (Å²) in [7, 11) is 0. The number of hydrogen-bond donors (Lipinski definition) is 2. The molecule has 0 aliphatic carbocycles.